The number of hydrogen-bond donors (Lipinski definition) is 0. The highest BCUT2D eigenvalue weighted by Crippen LogP contribution is 2.20. The lowest BCUT2D eigenvalue weighted by Crippen LogP contribution is -2.44. The summed E-state index contributed by atoms with van der Waals surface area (Å²) < 4.78 is 16.2. The molecular weight excluding hydrogens is 246 g/mol. The van der Waals surface area contributed by atoms with Gasteiger partial charge in [0.15, 0.2) is 0 Å². The van der Waals surface area contributed by atoms with Crippen molar-refractivity contribution in [2.45, 2.75) is 20.0 Å². The molecule has 106 valence electrons. The summed E-state index contributed by atoms with van der Waals surface area (Å²) in [6.07, 6.45) is 0.0876. The van der Waals surface area contributed by atoms with Gasteiger partial charge in [-0.2, -0.15) is 4.98 Å². The van der Waals surface area contributed by atoms with Crippen LogP contribution in [0.1, 0.15) is 12.7 Å². The van der Waals surface area contributed by atoms with Crippen LogP contribution in [0.5, 0.6) is 5.88 Å². The average molecular weight is 267 g/mol. The number of anilines is 1. The standard InChI is InChI=1S/C13H21N3O3/c1-4-18-13-7-12(14-10(2)15-13)16-5-6-19-11(8-16)9-17-3/h7,11H,4-6,8-9H2,1-3H3/t11-/m0/s1. The summed E-state index contributed by atoms with van der Waals surface area (Å²) >= 11 is 0. The van der Waals surface area contributed by atoms with Gasteiger partial charge >= 0.3 is 0 Å². The van der Waals surface area contributed by atoms with Crippen molar-refractivity contribution >= 4 is 5.82 Å². The monoisotopic (exact) mass is 267 g/mol. The number of nitrogens with zero attached hydrogens (tertiary/aromatic N) is 3. The van der Waals surface area contributed by atoms with Crippen LogP contribution in [0.15, 0.2) is 6.07 Å². The van der Waals surface area contributed by atoms with Crippen LogP contribution in [0.4, 0.5) is 5.82 Å². The predicted octanol–water partition coefficient (Wildman–Crippen LogP) is 1.04. The van der Waals surface area contributed by atoms with E-state index >= 15 is 0 Å². The van der Waals surface area contributed by atoms with Gasteiger partial charge in [-0.3, -0.25) is 0 Å². The minimum atomic E-state index is 0.0876. The minimum absolute atomic E-state index is 0.0876. The largest absolute Gasteiger partial charge is 0.478 e. The molecule has 1 aromatic rings. The Balaban J connectivity index is 2.11. The van der Waals surface area contributed by atoms with Crippen molar-refractivity contribution in [1.29, 1.82) is 0 Å². The summed E-state index contributed by atoms with van der Waals surface area (Å²) in [5, 5.41) is 0. The van der Waals surface area contributed by atoms with Crippen LogP contribution in [0, 0.1) is 6.92 Å². The first-order valence-electron chi connectivity index (χ1n) is 6.57. The molecule has 0 spiro atoms. The van der Waals surface area contributed by atoms with Crippen molar-refractivity contribution in [3.05, 3.63) is 11.9 Å². The van der Waals surface area contributed by atoms with Gasteiger partial charge in [-0.15, -0.1) is 0 Å². The van der Waals surface area contributed by atoms with Crippen LogP contribution in [0.25, 0.3) is 0 Å². The van der Waals surface area contributed by atoms with E-state index in [1.807, 2.05) is 19.9 Å². The first-order chi connectivity index (χ1) is 9.22. The Kier molecular flexibility index (Phi) is 4.93. The van der Waals surface area contributed by atoms with Crippen LogP contribution >= 0.6 is 0 Å². The number of hydrogen-bond acceptors (Lipinski definition) is 6. The van der Waals surface area contributed by atoms with Crippen molar-refractivity contribution in [3.63, 3.8) is 0 Å². The second-order valence-corrected chi connectivity index (χ2v) is 4.44. The van der Waals surface area contributed by atoms with Gasteiger partial charge in [-0.25, -0.2) is 4.98 Å². The molecule has 0 radical (unpaired) electrons. The third kappa shape index (κ3) is 3.78. The topological polar surface area (TPSA) is 56.7 Å². The third-order valence-electron chi connectivity index (χ3n) is 2.91. The quantitative estimate of drug-likeness (QED) is 0.794. The first kappa shape index (κ1) is 14.0. The van der Waals surface area contributed by atoms with Gasteiger partial charge < -0.3 is 19.1 Å². The van der Waals surface area contributed by atoms with Crippen LogP contribution in [0.3, 0.4) is 0 Å². The Labute approximate surface area is 113 Å². The highest BCUT2D eigenvalue weighted by atomic mass is 16.5. The first-order valence-corrected chi connectivity index (χ1v) is 6.57. The summed E-state index contributed by atoms with van der Waals surface area (Å²) in [5.74, 6) is 2.23. The van der Waals surface area contributed by atoms with Gasteiger partial charge in [-0.1, -0.05) is 0 Å². The SMILES string of the molecule is CCOc1cc(N2CCO[C@H](COC)C2)nc(C)n1. The van der Waals surface area contributed by atoms with E-state index in [1.54, 1.807) is 7.11 Å². The van der Waals surface area contributed by atoms with Gasteiger partial charge in [0, 0.05) is 26.3 Å². The van der Waals surface area contributed by atoms with E-state index in [1.165, 1.54) is 0 Å². The lowest BCUT2D eigenvalue weighted by atomic mass is 10.3. The van der Waals surface area contributed by atoms with Gasteiger partial charge in [-0.05, 0) is 13.8 Å². The Morgan fingerprint density at radius 2 is 2.32 bits per heavy atom. The van der Waals surface area contributed by atoms with Crippen LogP contribution in [0.2, 0.25) is 0 Å². The maximum atomic E-state index is 5.64. The fraction of sp³-hybridized carbons (Fsp3) is 0.692. The lowest BCUT2D eigenvalue weighted by molar-refractivity contribution is -0.0102. The molecule has 19 heavy (non-hydrogen) atoms. The fourth-order valence-electron chi connectivity index (χ4n) is 2.12. The molecule has 1 aliphatic heterocycles. The zero-order chi connectivity index (χ0) is 13.7. The second kappa shape index (κ2) is 6.68. The zero-order valence-electron chi connectivity index (χ0n) is 11.8. The lowest BCUT2D eigenvalue weighted by Gasteiger charge is -2.33. The number of ether oxygens (including phenoxy) is 3. The van der Waals surface area contributed by atoms with E-state index in [-0.39, 0.29) is 6.10 Å². The third-order valence-corrected chi connectivity index (χ3v) is 2.91. The van der Waals surface area contributed by atoms with E-state index in [4.69, 9.17) is 14.2 Å². The Hall–Kier alpha value is -1.40. The second-order valence-electron chi connectivity index (χ2n) is 4.44. The maximum absolute atomic E-state index is 5.64. The minimum Gasteiger partial charge on any atom is -0.478 e. The molecule has 2 rings (SSSR count). The molecule has 6 heteroatoms. The van der Waals surface area contributed by atoms with Crippen LogP contribution < -0.4 is 9.64 Å². The summed E-state index contributed by atoms with van der Waals surface area (Å²) in [4.78, 5) is 10.9. The zero-order valence-corrected chi connectivity index (χ0v) is 11.8. The van der Waals surface area contributed by atoms with Crippen molar-refractivity contribution in [2.24, 2.45) is 0 Å². The number of methoxy groups -OCH3 is 1. The molecule has 1 fully saturated rings. The molecule has 0 N–H and O–H groups in total. The van der Waals surface area contributed by atoms with Crippen LogP contribution in [-0.4, -0.2) is 56.1 Å². The van der Waals surface area contributed by atoms with E-state index in [9.17, 15) is 0 Å². The molecule has 0 bridgehead atoms. The molecule has 0 aromatic carbocycles. The number of aryl methyl sites for hydroxylation is 1. The number of morpholine rings is 1. The molecule has 0 saturated carbocycles. The van der Waals surface area contributed by atoms with Crippen molar-refractivity contribution in [3.8, 4) is 5.88 Å². The molecule has 0 aliphatic carbocycles. The van der Waals surface area contributed by atoms with Crippen molar-refractivity contribution in [1.82, 2.24) is 9.97 Å². The van der Waals surface area contributed by atoms with Gasteiger partial charge in [0.05, 0.1) is 25.9 Å². The molecule has 6 nitrogen and oxygen atoms in total. The highest BCUT2D eigenvalue weighted by Gasteiger charge is 2.22. The van der Waals surface area contributed by atoms with E-state index in [0.717, 1.165) is 24.7 Å². The summed E-state index contributed by atoms with van der Waals surface area (Å²) in [5.41, 5.74) is 0. The average Bonchev–Trinajstić information content (AvgIpc) is 2.39. The summed E-state index contributed by atoms with van der Waals surface area (Å²) in [7, 11) is 1.68. The number of aromatic nitrogens is 2. The summed E-state index contributed by atoms with van der Waals surface area (Å²) in [6.45, 7) is 7.29. The molecule has 0 unspecified atom stereocenters. The van der Waals surface area contributed by atoms with Crippen molar-refractivity contribution in [2.75, 3.05) is 44.9 Å². The Bertz CT molecular complexity index is 412. The van der Waals surface area contributed by atoms with E-state index < -0.39 is 0 Å². The normalized spacial score (nSPS) is 19.5. The van der Waals surface area contributed by atoms with E-state index in [2.05, 4.69) is 14.9 Å². The fourth-order valence-corrected chi connectivity index (χ4v) is 2.12. The Morgan fingerprint density at radius 1 is 1.47 bits per heavy atom. The Morgan fingerprint density at radius 3 is 3.05 bits per heavy atom. The highest BCUT2D eigenvalue weighted by molar-refractivity contribution is 5.42. The van der Waals surface area contributed by atoms with Gasteiger partial charge in [0.1, 0.15) is 11.6 Å². The van der Waals surface area contributed by atoms with E-state index in [0.29, 0.717) is 25.7 Å². The summed E-state index contributed by atoms with van der Waals surface area (Å²) in [6, 6.07) is 1.88. The molecule has 1 aliphatic rings. The molecule has 1 saturated heterocycles. The maximum Gasteiger partial charge on any atom is 0.218 e. The van der Waals surface area contributed by atoms with Crippen LogP contribution in [-0.2, 0) is 9.47 Å². The molecule has 1 aromatic heterocycles. The van der Waals surface area contributed by atoms with Gasteiger partial charge in [0.2, 0.25) is 5.88 Å². The molecule has 0 amide bonds. The molecular formula is C13H21N3O3. The van der Waals surface area contributed by atoms with Crippen molar-refractivity contribution < 1.29 is 14.2 Å². The number of rotatable bonds is 5. The molecule has 1 atom stereocenters. The smallest absolute Gasteiger partial charge is 0.218 e. The predicted molar refractivity (Wildman–Crippen MR) is 71.8 cm³/mol. The van der Waals surface area contributed by atoms with Gasteiger partial charge in [0.25, 0.3) is 0 Å². The molecule has 2 heterocycles.